The monoisotopic (exact) mass is 220 g/mol. The number of thiocarbonyl (C=S) groups is 1. The van der Waals surface area contributed by atoms with Gasteiger partial charge in [-0.3, -0.25) is 9.59 Å². The molecule has 0 atom stereocenters. The van der Waals surface area contributed by atoms with Gasteiger partial charge in [-0.05, 0) is 19.4 Å². The van der Waals surface area contributed by atoms with Crippen molar-refractivity contribution < 1.29 is 9.59 Å². The summed E-state index contributed by atoms with van der Waals surface area (Å²) < 4.78 is 0. The molecule has 0 radical (unpaired) electrons. The lowest BCUT2D eigenvalue weighted by Gasteiger charge is -2.11. The highest BCUT2D eigenvalue weighted by atomic mass is 32.1. The van der Waals surface area contributed by atoms with Gasteiger partial charge in [0, 0.05) is 4.86 Å². The van der Waals surface area contributed by atoms with Gasteiger partial charge in [0.15, 0.2) is 0 Å². The van der Waals surface area contributed by atoms with Crippen molar-refractivity contribution in [3.8, 4) is 0 Å². The summed E-state index contributed by atoms with van der Waals surface area (Å²) in [6.07, 6.45) is 0. The van der Waals surface area contributed by atoms with E-state index in [-0.39, 0.29) is 11.6 Å². The molecule has 1 rings (SSSR count). The molecule has 0 heterocycles. The van der Waals surface area contributed by atoms with Gasteiger partial charge in [0.1, 0.15) is 17.5 Å². The molecule has 78 valence electrons. The lowest BCUT2D eigenvalue weighted by atomic mass is 9.92. The molecule has 0 aliphatic heterocycles. The van der Waals surface area contributed by atoms with Gasteiger partial charge in [-0.25, -0.2) is 0 Å². The smallest absolute Gasteiger partial charge is 0.145 e. The summed E-state index contributed by atoms with van der Waals surface area (Å²) >= 11 is 5.15. The van der Waals surface area contributed by atoms with E-state index in [1.165, 1.54) is 13.8 Å². The summed E-state index contributed by atoms with van der Waals surface area (Å²) in [5, 5.41) is 0. The van der Waals surface area contributed by atoms with Gasteiger partial charge in [0.25, 0.3) is 0 Å². The van der Waals surface area contributed by atoms with Gasteiger partial charge >= 0.3 is 0 Å². The Kier molecular flexibility index (Phi) is 3.86. The first-order valence-corrected chi connectivity index (χ1v) is 5.05. The van der Waals surface area contributed by atoms with Crippen LogP contribution in [0.4, 0.5) is 0 Å². The summed E-state index contributed by atoms with van der Waals surface area (Å²) in [4.78, 5) is 23.0. The molecule has 0 fully saturated rings. The lowest BCUT2D eigenvalue weighted by molar-refractivity contribution is -0.127. The molecule has 15 heavy (non-hydrogen) atoms. The average Bonchev–Trinajstić information content (AvgIpc) is 2.18. The number of carbonyl (C=O) groups is 2. The number of benzene rings is 1. The van der Waals surface area contributed by atoms with Gasteiger partial charge < -0.3 is 0 Å². The van der Waals surface area contributed by atoms with Crippen molar-refractivity contribution in [1.29, 1.82) is 0 Å². The molecule has 0 aromatic heterocycles. The third-order valence-electron chi connectivity index (χ3n) is 2.13. The number of ketones is 2. The second kappa shape index (κ2) is 4.94. The molecule has 0 N–H and O–H groups in total. The maximum Gasteiger partial charge on any atom is 0.145 e. The Morgan fingerprint density at radius 2 is 1.53 bits per heavy atom. The van der Waals surface area contributed by atoms with E-state index in [0.717, 1.165) is 5.56 Å². The van der Waals surface area contributed by atoms with Gasteiger partial charge in [0.2, 0.25) is 0 Å². The van der Waals surface area contributed by atoms with Crippen LogP contribution in [-0.2, 0) is 9.59 Å². The van der Waals surface area contributed by atoms with Crippen LogP contribution >= 0.6 is 12.2 Å². The van der Waals surface area contributed by atoms with Crippen LogP contribution in [0.1, 0.15) is 19.4 Å². The Hall–Kier alpha value is -1.35. The van der Waals surface area contributed by atoms with Gasteiger partial charge in [-0.15, -0.1) is 0 Å². The van der Waals surface area contributed by atoms with E-state index in [1.807, 2.05) is 18.2 Å². The van der Waals surface area contributed by atoms with Crippen molar-refractivity contribution in [2.24, 2.45) is 5.92 Å². The molecule has 1 aromatic rings. The first-order chi connectivity index (χ1) is 7.04. The molecule has 0 bridgehead atoms. The second-order valence-electron chi connectivity index (χ2n) is 3.38. The Morgan fingerprint density at radius 3 is 1.93 bits per heavy atom. The third-order valence-corrected chi connectivity index (χ3v) is 2.60. The van der Waals surface area contributed by atoms with E-state index in [2.05, 4.69) is 0 Å². The van der Waals surface area contributed by atoms with Crippen molar-refractivity contribution in [1.82, 2.24) is 0 Å². The second-order valence-corrected chi connectivity index (χ2v) is 3.82. The summed E-state index contributed by atoms with van der Waals surface area (Å²) in [6, 6.07) is 9.14. The topological polar surface area (TPSA) is 34.1 Å². The molecule has 3 heteroatoms. The minimum absolute atomic E-state index is 0.198. The third kappa shape index (κ3) is 2.80. The van der Waals surface area contributed by atoms with E-state index in [0.29, 0.717) is 4.86 Å². The van der Waals surface area contributed by atoms with E-state index in [9.17, 15) is 9.59 Å². The van der Waals surface area contributed by atoms with Crippen molar-refractivity contribution in [3.63, 3.8) is 0 Å². The van der Waals surface area contributed by atoms with E-state index in [1.54, 1.807) is 12.1 Å². The summed E-state index contributed by atoms with van der Waals surface area (Å²) in [7, 11) is 0. The highest BCUT2D eigenvalue weighted by molar-refractivity contribution is 7.81. The average molecular weight is 220 g/mol. The van der Waals surface area contributed by atoms with Crippen LogP contribution in [0.25, 0.3) is 0 Å². The molecule has 1 aromatic carbocycles. The van der Waals surface area contributed by atoms with E-state index >= 15 is 0 Å². The van der Waals surface area contributed by atoms with Crippen LogP contribution in [-0.4, -0.2) is 16.4 Å². The number of rotatable bonds is 4. The molecule has 2 nitrogen and oxygen atoms in total. The number of Topliss-reactive ketones (excluding diaryl/α,β-unsaturated/α-hetero) is 2. The van der Waals surface area contributed by atoms with Crippen LogP contribution in [0.15, 0.2) is 30.3 Å². The molecule has 0 spiro atoms. The summed E-state index contributed by atoms with van der Waals surface area (Å²) in [5.41, 5.74) is 0.767. The fraction of sp³-hybridized carbons (Fsp3) is 0.250. The van der Waals surface area contributed by atoms with Gasteiger partial charge in [-0.2, -0.15) is 0 Å². The first-order valence-electron chi connectivity index (χ1n) is 4.64. The summed E-state index contributed by atoms with van der Waals surface area (Å²) in [5.74, 6) is -1.17. The molecular weight excluding hydrogens is 208 g/mol. The normalized spacial score (nSPS) is 10.1. The van der Waals surface area contributed by atoms with Crippen LogP contribution in [0.5, 0.6) is 0 Å². The largest absolute Gasteiger partial charge is 0.299 e. The quantitative estimate of drug-likeness (QED) is 0.443. The maximum absolute atomic E-state index is 11.3. The number of carbonyl (C=O) groups excluding carboxylic acids is 2. The molecule has 0 saturated carbocycles. The molecule has 0 unspecified atom stereocenters. The fourth-order valence-corrected chi connectivity index (χ4v) is 1.89. The van der Waals surface area contributed by atoms with Crippen molar-refractivity contribution in [2.45, 2.75) is 13.8 Å². The Labute approximate surface area is 94.3 Å². The Bertz CT molecular complexity index is 381. The molecule has 0 aliphatic rings. The highest BCUT2D eigenvalue weighted by Gasteiger charge is 2.24. The maximum atomic E-state index is 11.3. The van der Waals surface area contributed by atoms with Crippen LogP contribution in [0, 0.1) is 5.92 Å². The SMILES string of the molecule is CC(=O)C(C(C)=O)C(=S)c1ccccc1. The standard InChI is InChI=1S/C12H12O2S/c1-8(13)11(9(2)14)12(15)10-6-4-3-5-7-10/h3-7,11H,1-2H3. The van der Waals surface area contributed by atoms with E-state index in [4.69, 9.17) is 12.2 Å². The predicted octanol–water partition coefficient (Wildman–Crippen LogP) is 2.20. The van der Waals surface area contributed by atoms with Crippen LogP contribution in [0.2, 0.25) is 0 Å². The predicted molar refractivity (Wildman–Crippen MR) is 63.0 cm³/mol. The van der Waals surface area contributed by atoms with Gasteiger partial charge in [0.05, 0.1) is 0 Å². The zero-order chi connectivity index (χ0) is 11.4. The molecule has 0 amide bonds. The van der Waals surface area contributed by atoms with E-state index < -0.39 is 5.92 Å². The zero-order valence-corrected chi connectivity index (χ0v) is 9.51. The Morgan fingerprint density at radius 1 is 1.07 bits per heavy atom. The number of hydrogen-bond donors (Lipinski definition) is 0. The summed E-state index contributed by atoms with van der Waals surface area (Å²) in [6.45, 7) is 2.78. The Balaban J connectivity index is 3.02. The van der Waals surface area contributed by atoms with Crippen LogP contribution < -0.4 is 0 Å². The van der Waals surface area contributed by atoms with Crippen molar-refractivity contribution >= 4 is 28.6 Å². The first kappa shape index (κ1) is 11.7. The highest BCUT2D eigenvalue weighted by Crippen LogP contribution is 2.12. The number of hydrogen-bond acceptors (Lipinski definition) is 3. The molecule has 0 saturated heterocycles. The minimum Gasteiger partial charge on any atom is -0.299 e. The van der Waals surface area contributed by atoms with Crippen LogP contribution in [0.3, 0.4) is 0 Å². The van der Waals surface area contributed by atoms with Gasteiger partial charge in [-0.1, -0.05) is 42.5 Å². The zero-order valence-electron chi connectivity index (χ0n) is 8.69. The fourth-order valence-electron chi connectivity index (χ4n) is 1.42. The van der Waals surface area contributed by atoms with Crippen molar-refractivity contribution in [2.75, 3.05) is 0 Å². The van der Waals surface area contributed by atoms with Crippen molar-refractivity contribution in [3.05, 3.63) is 35.9 Å². The minimum atomic E-state index is -0.776. The lowest BCUT2D eigenvalue weighted by Crippen LogP contribution is -2.27. The molecular formula is C12H12O2S. The molecule has 0 aliphatic carbocycles.